The van der Waals surface area contributed by atoms with Crippen LogP contribution in [0.15, 0.2) is 24.4 Å². The first kappa shape index (κ1) is 13.1. The van der Waals surface area contributed by atoms with Crippen LogP contribution < -0.4 is 5.73 Å². The lowest BCUT2D eigenvalue weighted by Crippen LogP contribution is -2.42. The molecule has 1 heterocycles. The highest BCUT2D eigenvalue weighted by Crippen LogP contribution is 2.02. The number of likely N-dealkylation sites (N-methyl/N-ethyl adjacent to an activating group) is 1. The summed E-state index contributed by atoms with van der Waals surface area (Å²) in [5, 5.41) is 8.54. The summed E-state index contributed by atoms with van der Waals surface area (Å²) < 4.78 is 0. The molecule has 1 rings (SSSR count). The van der Waals surface area contributed by atoms with Crippen LogP contribution in [0.4, 0.5) is 0 Å². The highest BCUT2D eigenvalue weighted by molar-refractivity contribution is 5.85. The third-order valence-electron chi connectivity index (χ3n) is 2.21. The highest BCUT2D eigenvalue weighted by atomic mass is 16.4. The first-order chi connectivity index (χ1) is 8.00. The largest absolute Gasteiger partial charge is 0.481 e. The molecule has 0 fully saturated rings. The Morgan fingerprint density at radius 2 is 2.24 bits per heavy atom. The van der Waals surface area contributed by atoms with Gasteiger partial charge in [0.05, 0.1) is 24.7 Å². The fraction of sp³-hybridized carbons (Fsp3) is 0.364. The first-order valence-electron chi connectivity index (χ1n) is 5.13. The third-order valence-corrected chi connectivity index (χ3v) is 2.21. The number of hydrogen-bond donors (Lipinski definition) is 2. The van der Waals surface area contributed by atoms with E-state index in [0.717, 1.165) is 5.69 Å². The molecule has 6 nitrogen and oxygen atoms in total. The number of pyridine rings is 1. The van der Waals surface area contributed by atoms with Crippen LogP contribution in [0, 0.1) is 0 Å². The summed E-state index contributed by atoms with van der Waals surface area (Å²) >= 11 is 0. The van der Waals surface area contributed by atoms with Gasteiger partial charge in [0, 0.05) is 13.2 Å². The summed E-state index contributed by atoms with van der Waals surface area (Å²) in [5.41, 5.74) is 6.21. The van der Waals surface area contributed by atoms with Gasteiger partial charge < -0.3 is 15.7 Å². The van der Waals surface area contributed by atoms with Gasteiger partial charge in [-0.1, -0.05) is 6.07 Å². The molecule has 1 aromatic heterocycles. The summed E-state index contributed by atoms with van der Waals surface area (Å²) in [7, 11) is 1.57. The summed E-state index contributed by atoms with van der Waals surface area (Å²) in [5.74, 6) is -1.49. The summed E-state index contributed by atoms with van der Waals surface area (Å²) in [6.45, 7) is 0.312. The van der Waals surface area contributed by atoms with Gasteiger partial charge in [-0.15, -0.1) is 0 Å². The summed E-state index contributed by atoms with van der Waals surface area (Å²) in [6.07, 6.45) is 1.26. The number of carbonyl (C=O) groups is 2. The number of amides is 1. The van der Waals surface area contributed by atoms with E-state index in [4.69, 9.17) is 10.8 Å². The minimum Gasteiger partial charge on any atom is -0.481 e. The van der Waals surface area contributed by atoms with Gasteiger partial charge >= 0.3 is 5.97 Å². The Kier molecular flexibility index (Phi) is 4.59. The second-order valence-corrected chi connectivity index (χ2v) is 3.72. The van der Waals surface area contributed by atoms with Crippen molar-refractivity contribution >= 4 is 11.9 Å². The lowest BCUT2D eigenvalue weighted by molar-refractivity contribution is -0.141. The van der Waals surface area contributed by atoms with Crippen LogP contribution in [0.25, 0.3) is 0 Å². The van der Waals surface area contributed by atoms with Gasteiger partial charge in [-0.25, -0.2) is 0 Å². The van der Waals surface area contributed by atoms with E-state index in [1.807, 2.05) is 6.07 Å². The molecule has 0 radical (unpaired) electrons. The van der Waals surface area contributed by atoms with Crippen LogP contribution in [0.3, 0.4) is 0 Å². The molecule has 1 unspecified atom stereocenters. The molecule has 0 bridgehead atoms. The average molecular weight is 237 g/mol. The van der Waals surface area contributed by atoms with Crippen LogP contribution in [-0.2, 0) is 16.1 Å². The minimum absolute atomic E-state index is 0.312. The van der Waals surface area contributed by atoms with Gasteiger partial charge in [-0.2, -0.15) is 0 Å². The van der Waals surface area contributed by atoms with E-state index in [1.165, 1.54) is 4.90 Å². The maximum Gasteiger partial charge on any atom is 0.305 e. The zero-order valence-corrected chi connectivity index (χ0v) is 9.54. The van der Waals surface area contributed by atoms with E-state index < -0.39 is 17.9 Å². The average Bonchev–Trinajstić information content (AvgIpc) is 2.28. The molecule has 0 aliphatic heterocycles. The smallest absolute Gasteiger partial charge is 0.305 e. The predicted molar refractivity (Wildman–Crippen MR) is 60.9 cm³/mol. The van der Waals surface area contributed by atoms with Crippen molar-refractivity contribution in [2.45, 2.75) is 19.0 Å². The Hall–Kier alpha value is -1.95. The van der Waals surface area contributed by atoms with Crippen molar-refractivity contribution in [2.75, 3.05) is 7.05 Å². The fourth-order valence-electron chi connectivity index (χ4n) is 1.37. The lowest BCUT2D eigenvalue weighted by Gasteiger charge is -2.19. The lowest BCUT2D eigenvalue weighted by atomic mass is 10.2. The first-order valence-corrected chi connectivity index (χ1v) is 5.13. The predicted octanol–water partition coefficient (Wildman–Crippen LogP) is -0.158. The molecular weight excluding hydrogens is 222 g/mol. The van der Waals surface area contributed by atoms with Gasteiger partial charge in [-0.3, -0.25) is 14.6 Å². The number of aliphatic carboxylic acids is 1. The molecule has 92 valence electrons. The molecule has 1 amide bonds. The maximum atomic E-state index is 11.7. The Morgan fingerprint density at radius 3 is 2.76 bits per heavy atom. The molecule has 0 aromatic carbocycles. The van der Waals surface area contributed by atoms with E-state index in [0.29, 0.717) is 6.54 Å². The molecule has 3 N–H and O–H groups in total. The van der Waals surface area contributed by atoms with Crippen LogP contribution in [0.5, 0.6) is 0 Å². The van der Waals surface area contributed by atoms with Crippen molar-refractivity contribution in [3.63, 3.8) is 0 Å². The van der Waals surface area contributed by atoms with E-state index in [-0.39, 0.29) is 6.42 Å². The van der Waals surface area contributed by atoms with Crippen molar-refractivity contribution in [1.82, 2.24) is 9.88 Å². The van der Waals surface area contributed by atoms with Crippen LogP contribution in [-0.4, -0.2) is 40.0 Å². The molecule has 0 spiro atoms. The highest BCUT2D eigenvalue weighted by Gasteiger charge is 2.20. The van der Waals surface area contributed by atoms with E-state index in [9.17, 15) is 9.59 Å². The number of rotatable bonds is 5. The Bertz CT molecular complexity index is 394. The van der Waals surface area contributed by atoms with Crippen molar-refractivity contribution < 1.29 is 14.7 Å². The number of carboxylic acid groups (broad SMARTS) is 1. The monoisotopic (exact) mass is 237 g/mol. The number of nitrogens with zero attached hydrogens (tertiary/aromatic N) is 2. The number of carboxylic acids is 1. The molecule has 17 heavy (non-hydrogen) atoms. The van der Waals surface area contributed by atoms with E-state index in [1.54, 1.807) is 25.4 Å². The maximum absolute atomic E-state index is 11.7. The van der Waals surface area contributed by atoms with Crippen molar-refractivity contribution in [3.8, 4) is 0 Å². The van der Waals surface area contributed by atoms with E-state index >= 15 is 0 Å². The number of hydrogen-bond acceptors (Lipinski definition) is 4. The van der Waals surface area contributed by atoms with Gasteiger partial charge in [-0.05, 0) is 12.1 Å². The zero-order chi connectivity index (χ0) is 12.8. The molecule has 0 saturated carbocycles. The zero-order valence-electron chi connectivity index (χ0n) is 9.54. The molecule has 1 atom stereocenters. The van der Waals surface area contributed by atoms with Gasteiger partial charge in [0.2, 0.25) is 5.91 Å². The second kappa shape index (κ2) is 5.95. The van der Waals surface area contributed by atoms with Gasteiger partial charge in [0.1, 0.15) is 0 Å². The topological polar surface area (TPSA) is 96.5 Å². The summed E-state index contributed by atoms with van der Waals surface area (Å²) in [4.78, 5) is 27.6. The normalized spacial score (nSPS) is 11.9. The Morgan fingerprint density at radius 1 is 1.53 bits per heavy atom. The standard InChI is InChI=1S/C11H15N3O3/c1-14(7-8-4-2-3-5-13-8)11(17)9(12)6-10(15)16/h2-5,9H,6-7,12H2,1H3,(H,15,16). The van der Waals surface area contributed by atoms with Gasteiger partial charge in [0.25, 0.3) is 0 Å². The SMILES string of the molecule is CN(Cc1ccccn1)C(=O)C(N)CC(=O)O. The molecule has 0 saturated heterocycles. The van der Waals surface area contributed by atoms with Crippen LogP contribution >= 0.6 is 0 Å². The van der Waals surface area contributed by atoms with Crippen LogP contribution in [0.1, 0.15) is 12.1 Å². The number of aromatic nitrogens is 1. The summed E-state index contributed by atoms with van der Waals surface area (Å²) in [6, 6.07) is 4.37. The van der Waals surface area contributed by atoms with Crippen LogP contribution in [0.2, 0.25) is 0 Å². The Balaban J connectivity index is 2.55. The second-order valence-electron chi connectivity index (χ2n) is 3.72. The molecule has 1 aromatic rings. The molecule has 0 aliphatic rings. The Labute approximate surface area is 99.1 Å². The number of nitrogens with two attached hydrogens (primary N) is 1. The van der Waals surface area contributed by atoms with Gasteiger partial charge in [0.15, 0.2) is 0 Å². The van der Waals surface area contributed by atoms with E-state index in [2.05, 4.69) is 4.98 Å². The van der Waals surface area contributed by atoms with Crippen molar-refractivity contribution in [3.05, 3.63) is 30.1 Å². The van der Waals surface area contributed by atoms with Crippen molar-refractivity contribution in [1.29, 1.82) is 0 Å². The quantitative estimate of drug-likeness (QED) is 0.741. The van der Waals surface area contributed by atoms with Crippen molar-refractivity contribution in [2.24, 2.45) is 5.73 Å². The molecule has 0 aliphatic carbocycles. The number of carbonyl (C=O) groups excluding carboxylic acids is 1. The molecule has 6 heteroatoms. The molecular formula is C11H15N3O3. The minimum atomic E-state index is -1.09. The third kappa shape index (κ3) is 4.20. The fourth-order valence-corrected chi connectivity index (χ4v) is 1.37.